The molecule has 0 aliphatic heterocycles. The van der Waals surface area contributed by atoms with Crippen molar-refractivity contribution >= 4 is 29.2 Å². The van der Waals surface area contributed by atoms with Crippen molar-refractivity contribution in [2.75, 3.05) is 7.11 Å². The molecule has 1 heterocycles. The molecule has 0 saturated heterocycles. The summed E-state index contributed by atoms with van der Waals surface area (Å²) in [7, 11) is 1.28. The van der Waals surface area contributed by atoms with Gasteiger partial charge in [0.05, 0.1) is 22.8 Å². The lowest BCUT2D eigenvalue weighted by atomic mass is 10.1. The fraction of sp³-hybridized carbons (Fsp3) is 0.0833. The molecule has 6 heteroatoms. The molecule has 0 N–H and O–H groups in total. The van der Waals surface area contributed by atoms with E-state index in [2.05, 4.69) is 14.7 Å². The lowest BCUT2D eigenvalue weighted by Crippen LogP contribution is -2.07. The zero-order valence-electron chi connectivity index (χ0n) is 9.35. The molecule has 4 nitrogen and oxygen atoms in total. The van der Waals surface area contributed by atoms with Gasteiger partial charge in [0.15, 0.2) is 0 Å². The van der Waals surface area contributed by atoms with Crippen LogP contribution >= 0.6 is 23.2 Å². The van der Waals surface area contributed by atoms with E-state index in [9.17, 15) is 4.79 Å². The molecule has 0 bridgehead atoms. The lowest BCUT2D eigenvalue weighted by molar-refractivity contribution is 0.0587. The summed E-state index contributed by atoms with van der Waals surface area (Å²) in [6.45, 7) is 0. The second-order valence-electron chi connectivity index (χ2n) is 3.39. The Morgan fingerprint density at radius 1 is 1.22 bits per heavy atom. The maximum Gasteiger partial charge on any atom is 0.376 e. The molecule has 0 saturated carbocycles. The number of rotatable bonds is 2. The molecular weight excluding hydrogens is 275 g/mol. The van der Waals surface area contributed by atoms with Gasteiger partial charge in [0.25, 0.3) is 0 Å². The van der Waals surface area contributed by atoms with Crippen molar-refractivity contribution in [3.05, 3.63) is 46.3 Å². The lowest BCUT2D eigenvalue weighted by Gasteiger charge is -2.04. The van der Waals surface area contributed by atoms with Crippen molar-refractivity contribution in [2.24, 2.45) is 0 Å². The van der Waals surface area contributed by atoms with E-state index in [0.29, 0.717) is 15.7 Å². The molecule has 0 radical (unpaired) electrons. The van der Waals surface area contributed by atoms with E-state index in [1.807, 2.05) is 0 Å². The van der Waals surface area contributed by atoms with Gasteiger partial charge >= 0.3 is 5.97 Å². The molecule has 92 valence electrons. The zero-order chi connectivity index (χ0) is 13.1. The van der Waals surface area contributed by atoms with Crippen molar-refractivity contribution < 1.29 is 9.53 Å². The van der Waals surface area contributed by atoms with Crippen molar-refractivity contribution in [2.45, 2.75) is 0 Å². The van der Waals surface area contributed by atoms with Crippen molar-refractivity contribution in [3.63, 3.8) is 0 Å². The summed E-state index contributed by atoms with van der Waals surface area (Å²) in [5.74, 6) is -0.585. The van der Waals surface area contributed by atoms with Crippen molar-refractivity contribution in [1.82, 2.24) is 9.97 Å². The number of methoxy groups -OCH3 is 1. The molecule has 0 unspecified atom stereocenters. The van der Waals surface area contributed by atoms with Crippen LogP contribution in [0.1, 0.15) is 10.6 Å². The van der Waals surface area contributed by atoms with Crippen molar-refractivity contribution in [1.29, 1.82) is 0 Å². The smallest absolute Gasteiger partial charge is 0.376 e. The van der Waals surface area contributed by atoms with Crippen molar-refractivity contribution in [3.8, 4) is 11.3 Å². The SMILES string of the molecule is COC(=O)c1nccc(-c2ccc(Cl)c(Cl)c2)n1. The van der Waals surface area contributed by atoms with Gasteiger partial charge < -0.3 is 4.74 Å². The molecule has 18 heavy (non-hydrogen) atoms. The zero-order valence-corrected chi connectivity index (χ0v) is 10.9. The van der Waals surface area contributed by atoms with Gasteiger partial charge in [-0.3, -0.25) is 0 Å². The van der Waals surface area contributed by atoms with E-state index in [0.717, 1.165) is 5.56 Å². The highest BCUT2D eigenvalue weighted by Gasteiger charge is 2.11. The number of benzene rings is 1. The summed E-state index contributed by atoms with van der Waals surface area (Å²) in [4.78, 5) is 19.3. The summed E-state index contributed by atoms with van der Waals surface area (Å²) in [6, 6.07) is 6.77. The monoisotopic (exact) mass is 282 g/mol. The van der Waals surface area contributed by atoms with E-state index >= 15 is 0 Å². The first-order valence-corrected chi connectivity index (χ1v) is 5.74. The third-order valence-electron chi connectivity index (χ3n) is 2.24. The Labute approximate surface area is 114 Å². The van der Waals surface area contributed by atoms with Crippen LogP contribution in [0.5, 0.6) is 0 Å². The van der Waals surface area contributed by atoms with Gasteiger partial charge in [0.1, 0.15) is 0 Å². The van der Waals surface area contributed by atoms with E-state index < -0.39 is 5.97 Å². The average molecular weight is 283 g/mol. The summed E-state index contributed by atoms with van der Waals surface area (Å²) < 4.78 is 4.56. The van der Waals surface area contributed by atoms with Crippen LogP contribution in [-0.2, 0) is 4.74 Å². The molecule has 1 aromatic carbocycles. The predicted molar refractivity (Wildman–Crippen MR) is 68.8 cm³/mol. The third kappa shape index (κ3) is 2.60. The maximum atomic E-state index is 11.3. The molecule has 0 amide bonds. The third-order valence-corrected chi connectivity index (χ3v) is 2.98. The molecule has 0 atom stereocenters. The molecule has 0 spiro atoms. The molecule has 0 aliphatic rings. The van der Waals surface area contributed by atoms with E-state index in [-0.39, 0.29) is 5.82 Å². The largest absolute Gasteiger partial charge is 0.463 e. The molecule has 0 fully saturated rings. The van der Waals surface area contributed by atoms with Gasteiger partial charge in [-0.1, -0.05) is 29.3 Å². The first-order chi connectivity index (χ1) is 8.61. The summed E-state index contributed by atoms with van der Waals surface area (Å²) in [5.41, 5.74) is 1.32. The first-order valence-electron chi connectivity index (χ1n) is 4.98. The van der Waals surface area contributed by atoms with Gasteiger partial charge in [-0.05, 0) is 18.2 Å². The Morgan fingerprint density at radius 3 is 2.67 bits per heavy atom. The number of halogens is 2. The molecular formula is C12H8Cl2N2O2. The van der Waals surface area contributed by atoms with Gasteiger partial charge in [-0.25, -0.2) is 14.8 Å². The van der Waals surface area contributed by atoms with E-state index in [1.54, 1.807) is 24.3 Å². The highest BCUT2D eigenvalue weighted by atomic mass is 35.5. The molecule has 2 aromatic rings. The van der Waals surface area contributed by atoms with Gasteiger partial charge in [0, 0.05) is 11.8 Å². The quantitative estimate of drug-likeness (QED) is 0.794. The number of nitrogens with zero attached hydrogens (tertiary/aromatic N) is 2. The maximum absolute atomic E-state index is 11.3. The number of esters is 1. The van der Waals surface area contributed by atoms with Gasteiger partial charge in [0.2, 0.25) is 5.82 Å². The summed E-state index contributed by atoms with van der Waals surface area (Å²) in [5, 5.41) is 0.884. The van der Waals surface area contributed by atoms with Crippen LogP contribution in [0.3, 0.4) is 0 Å². The van der Waals surface area contributed by atoms with Crippen LogP contribution in [-0.4, -0.2) is 23.0 Å². The minimum Gasteiger partial charge on any atom is -0.463 e. The highest BCUT2D eigenvalue weighted by Crippen LogP contribution is 2.27. The van der Waals surface area contributed by atoms with Crippen LogP contribution < -0.4 is 0 Å². The van der Waals surface area contributed by atoms with Gasteiger partial charge in [-0.15, -0.1) is 0 Å². The molecule has 1 aromatic heterocycles. The number of ether oxygens (including phenoxy) is 1. The highest BCUT2D eigenvalue weighted by molar-refractivity contribution is 6.42. The Bertz CT molecular complexity index is 602. The first kappa shape index (κ1) is 12.8. The average Bonchev–Trinajstić information content (AvgIpc) is 2.41. The van der Waals surface area contributed by atoms with Crippen LogP contribution in [0.2, 0.25) is 10.0 Å². The number of carbonyl (C=O) groups excluding carboxylic acids is 1. The topological polar surface area (TPSA) is 52.1 Å². The van der Waals surface area contributed by atoms with Crippen LogP contribution in [0.15, 0.2) is 30.5 Å². The Hall–Kier alpha value is -1.65. The number of carbonyl (C=O) groups is 1. The van der Waals surface area contributed by atoms with Crippen LogP contribution in [0.4, 0.5) is 0 Å². The minimum atomic E-state index is -0.586. The molecule has 2 rings (SSSR count). The number of hydrogen-bond donors (Lipinski definition) is 0. The second-order valence-corrected chi connectivity index (χ2v) is 4.20. The fourth-order valence-electron chi connectivity index (χ4n) is 1.36. The second kappa shape index (κ2) is 5.33. The minimum absolute atomic E-state index is 0.000993. The van der Waals surface area contributed by atoms with Crippen LogP contribution in [0.25, 0.3) is 11.3 Å². The van der Waals surface area contributed by atoms with E-state index in [1.165, 1.54) is 13.3 Å². The summed E-state index contributed by atoms with van der Waals surface area (Å²) >= 11 is 11.8. The molecule has 0 aliphatic carbocycles. The normalized spacial score (nSPS) is 10.2. The number of hydrogen-bond acceptors (Lipinski definition) is 4. The van der Waals surface area contributed by atoms with Crippen LogP contribution in [0, 0.1) is 0 Å². The fourth-order valence-corrected chi connectivity index (χ4v) is 1.66. The van der Waals surface area contributed by atoms with E-state index in [4.69, 9.17) is 23.2 Å². The predicted octanol–water partition coefficient (Wildman–Crippen LogP) is 3.24. The standard InChI is InChI=1S/C12H8Cl2N2O2/c1-18-12(17)11-15-5-4-10(16-11)7-2-3-8(13)9(14)6-7/h2-6H,1H3. The number of aromatic nitrogens is 2. The Morgan fingerprint density at radius 2 is 2.00 bits per heavy atom. The Kier molecular flexibility index (Phi) is 3.79. The van der Waals surface area contributed by atoms with Gasteiger partial charge in [-0.2, -0.15) is 0 Å². The summed E-state index contributed by atoms with van der Waals surface area (Å²) in [6.07, 6.45) is 1.48. The Balaban J connectivity index is 2.44.